The van der Waals surface area contributed by atoms with Crippen molar-refractivity contribution in [3.05, 3.63) is 71.3 Å². The lowest BCUT2D eigenvalue weighted by molar-refractivity contribution is -0.119. The van der Waals surface area contributed by atoms with Gasteiger partial charge < -0.3 is 20.1 Å². The van der Waals surface area contributed by atoms with Crippen molar-refractivity contribution < 1.29 is 37.1 Å². The quantitative estimate of drug-likeness (QED) is 0.404. The Morgan fingerprint density at radius 1 is 1.05 bits per heavy atom. The van der Waals surface area contributed by atoms with Gasteiger partial charge in [-0.1, -0.05) is 18.2 Å². The first kappa shape index (κ1) is 28.7. The average Bonchev–Trinajstić information content (AvgIpc) is 3.33. The number of ether oxygens (including phenoxy) is 2. The van der Waals surface area contributed by atoms with Crippen LogP contribution in [0.4, 0.5) is 10.5 Å². The van der Waals surface area contributed by atoms with E-state index in [4.69, 9.17) is 14.3 Å². The van der Waals surface area contributed by atoms with Crippen LogP contribution in [0.1, 0.15) is 44.5 Å². The first-order chi connectivity index (χ1) is 17.9. The van der Waals surface area contributed by atoms with Crippen molar-refractivity contribution >= 4 is 33.5 Å². The summed E-state index contributed by atoms with van der Waals surface area (Å²) in [6.45, 7) is 6.97. The first-order valence-corrected chi connectivity index (χ1v) is 13.4. The summed E-state index contributed by atoms with van der Waals surface area (Å²) in [7, 11) is -3.86. The molecule has 11 nitrogen and oxygen atoms in total. The van der Waals surface area contributed by atoms with E-state index in [9.17, 15) is 22.8 Å². The molecule has 0 saturated heterocycles. The molecule has 0 saturated carbocycles. The third-order valence-corrected chi connectivity index (χ3v) is 6.82. The smallest absolute Gasteiger partial charge is 0.408 e. The van der Waals surface area contributed by atoms with Crippen molar-refractivity contribution in [1.82, 2.24) is 10.8 Å². The summed E-state index contributed by atoms with van der Waals surface area (Å²) in [5.74, 6) is -1.09. The molecule has 0 fully saturated rings. The van der Waals surface area contributed by atoms with Crippen LogP contribution in [-0.4, -0.2) is 50.7 Å². The van der Waals surface area contributed by atoms with Crippen molar-refractivity contribution in [1.29, 1.82) is 0 Å². The van der Waals surface area contributed by atoms with Crippen LogP contribution in [0.5, 0.6) is 0 Å². The van der Waals surface area contributed by atoms with Crippen LogP contribution < -0.4 is 16.1 Å². The molecule has 0 bridgehead atoms. The number of hydrogen-bond donors (Lipinski definition) is 3. The second kappa shape index (κ2) is 12.1. The molecular formula is C26H31N3O8S. The van der Waals surface area contributed by atoms with Crippen molar-refractivity contribution in [3.63, 3.8) is 0 Å². The Morgan fingerprint density at radius 3 is 2.32 bits per heavy atom. The highest BCUT2D eigenvalue weighted by molar-refractivity contribution is 7.95. The maximum Gasteiger partial charge on any atom is 0.408 e. The van der Waals surface area contributed by atoms with E-state index in [1.54, 1.807) is 45.9 Å². The van der Waals surface area contributed by atoms with Crippen LogP contribution in [0.15, 0.2) is 70.6 Å². The third kappa shape index (κ3) is 7.80. The van der Waals surface area contributed by atoms with E-state index >= 15 is 0 Å². The fourth-order valence-corrected chi connectivity index (χ4v) is 4.66. The van der Waals surface area contributed by atoms with Crippen molar-refractivity contribution in [2.24, 2.45) is 0 Å². The molecule has 1 aliphatic rings. The molecule has 0 aliphatic carbocycles. The Labute approximate surface area is 221 Å². The second-order valence-corrected chi connectivity index (χ2v) is 11.2. The predicted molar refractivity (Wildman–Crippen MR) is 139 cm³/mol. The number of alkyl carbamates (subject to hydrolysis) is 1. The van der Waals surface area contributed by atoms with Crippen LogP contribution in [0.25, 0.3) is 0 Å². The molecule has 38 heavy (non-hydrogen) atoms. The Kier molecular flexibility index (Phi) is 9.13. The van der Waals surface area contributed by atoms with Crippen LogP contribution in [0.2, 0.25) is 0 Å². The zero-order chi connectivity index (χ0) is 27.9. The van der Waals surface area contributed by atoms with Gasteiger partial charge in [-0.3, -0.25) is 15.1 Å². The molecule has 0 aromatic heterocycles. The standard InChI is InChI=1S/C26H31N3O8S/c1-5-35-24(31)17-11-13-18(14-12-17)27-23(30)21(28-25(32)36-26(2,3)4)15-19-16-22(29-37-19)38(33,34)20-9-7-6-8-10-20/h6-14,16,19,21,29H,5,15H2,1-4H3,(H,27,30)(H,28,32)/t19?,21-/m0/s1. The van der Waals surface area contributed by atoms with Gasteiger partial charge in [0.15, 0.2) is 5.03 Å². The first-order valence-electron chi connectivity index (χ1n) is 11.9. The van der Waals surface area contributed by atoms with Crippen LogP contribution in [0.3, 0.4) is 0 Å². The molecular weight excluding hydrogens is 514 g/mol. The van der Waals surface area contributed by atoms with E-state index in [2.05, 4.69) is 16.1 Å². The SMILES string of the molecule is CCOC(=O)c1ccc(NC(=O)[C@H](CC2C=C(S(=O)(=O)c3ccccc3)NO2)NC(=O)OC(C)(C)C)cc1. The lowest BCUT2D eigenvalue weighted by atomic mass is 10.1. The van der Waals surface area contributed by atoms with Gasteiger partial charge in [0.1, 0.15) is 17.7 Å². The minimum Gasteiger partial charge on any atom is -0.462 e. The largest absolute Gasteiger partial charge is 0.462 e. The van der Waals surface area contributed by atoms with E-state index < -0.39 is 45.6 Å². The Balaban J connectivity index is 1.76. The molecule has 2 aromatic carbocycles. The number of esters is 1. The summed E-state index contributed by atoms with van der Waals surface area (Å²) < 4.78 is 36.0. The summed E-state index contributed by atoms with van der Waals surface area (Å²) in [6, 6.07) is 12.7. The zero-order valence-corrected chi connectivity index (χ0v) is 22.3. The lowest BCUT2D eigenvalue weighted by Gasteiger charge is -2.24. The number of anilines is 1. The molecule has 2 atom stereocenters. The molecule has 1 unspecified atom stereocenters. The number of carbonyl (C=O) groups is 3. The average molecular weight is 546 g/mol. The summed E-state index contributed by atoms with van der Waals surface area (Å²) in [6.07, 6.45) is -0.455. The highest BCUT2D eigenvalue weighted by Crippen LogP contribution is 2.23. The Morgan fingerprint density at radius 2 is 1.71 bits per heavy atom. The van der Waals surface area contributed by atoms with Gasteiger partial charge in [0.2, 0.25) is 15.7 Å². The normalized spacial score (nSPS) is 16.0. The lowest BCUT2D eigenvalue weighted by Crippen LogP contribution is -2.47. The predicted octanol–water partition coefficient (Wildman–Crippen LogP) is 3.30. The number of hydroxylamine groups is 1. The van der Waals surface area contributed by atoms with Gasteiger partial charge in [0.05, 0.1) is 17.1 Å². The minimum absolute atomic E-state index is 0.0791. The van der Waals surface area contributed by atoms with Crippen LogP contribution >= 0.6 is 0 Å². The molecule has 3 rings (SSSR count). The van der Waals surface area contributed by atoms with E-state index in [0.717, 1.165) is 0 Å². The molecule has 0 radical (unpaired) electrons. The minimum atomic E-state index is -3.86. The molecule has 3 N–H and O–H groups in total. The zero-order valence-electron chi connectivity index (χ0n) is 21.5. The number of benzene rings is 2. The summed E-state index contributed by atoms with van der Waals surface area (Å²) in [5.41, 5.74) is 2.29. The summed E-state index contributed by atoms with van der Waals surface area (Å²) in [4.78, 5) is 42.9. The van der Waals surface area contributed by atoms with Gasteiger partial charge >= 0.3 is 12.1 Å². The number of amides is 2. The van der Waals surface area contributed by atoms with Gasteiger partial charge in [0, 0.05) is 12.1 Å². The van der Waals surface area contributed by atoms with E-state index in [1.165, 1.54) is 42.5 Å². The Bertz CT molecular complexity index is 1290. The fraction of sp³-hybridized carbons (Fsp3) is 0.346. The highest BCUT2D eigenvalue weighted by atomic mass is 32.2. The molecule has 1 heterocycles. The molecule has 204 valence electrons. The topological polar surface area (TPSA) is 149 Å². The monoisotopic (exact) mass is 545 g/mol. The summed E-state index contributed by atoms with van der Waals surface area (Å²) >= 11 is 0. The van der Waals surface area contributed by atoms with E-state index in [1.807, 2.05) is 0 Å². The Hall–Kier alpha value is -3.90. The number of hydrogen-bond acceptors (Lipinski definition) is 9. The van der Waals surface area contributed by atoms with Gasteiger partial charge in [-0.05, 0) is 70.2 Å². The van der Waals surface area contributed by atoms with Crippen LogP contribution in [0, 0.1) is 0 Å². The molecule has 2 amide bonds. The van der Waals surface area contributed by atoms with Crippen molar-refractivity contribution in [2.75, 3.05) is 11.9 Å². The van der Waals surface area contributed by atoms with Gasteiger partial charge in [-0.15, -0.1) is 0 Å². The number of rotatable bonds is 9. The fourth-order valence-electron chi connectivity index (χ4n) is 3.40. The second-order valence-electron chi connectivity index (χ2n) is 9.33. The maximum atomic E-state index is 13.1. The molecule has 2 aromatic rings. The van der Waals surface area contributed by atoms with E-state index in [0.29, 0.717) is 11.3 Å². The highest BCUT2D eigenvalue weighted by Gasteiger charge is 2.33. The number of sulfone groups is 1. The number of nitrogens with one attached hydrogen (secondary N) is 3. The van der Waals surface area contributed by atoms with Crippen molar-refractivity contribution in [3.8, 4) is 0 Å². The van der Waals surface area contributed by atoms with Gasteiger partial charge in [-0.2, -0.15) is 0 Å². The van der Waals surface area contributed by atoms with E-state index in [-0.39, 0.29) is 23.0 Å². The van der Waals surface area contributed by atoms with Crippen LogP contribution in [-0.2, 0) is 28.9 Å². The third-order valence-electron chi connectivity index (χ3n) is 5.13. The van der Waals surface area contributed by atoms with Gasteiger partial charge in [-0.25, -0.2) is 18.0 Å². The molecule has 1 aliphatic heterocycles. The van der Waals surface area contributed by atoms with Crippen molar-refractivity contribution in [2.45, 2.75) is 56.8 Å². The van der Waals surface area contributed by atoms with Gasteiger partial charge in [0.25, 0.3) is 0 Å². The molecule has 0 spiro atoms. The maximum absolute atomic E-state index is 13.1. The summed E-state index contributed by atoms with van der Waals surface area (Å²) in [5, 5.41) is 5.02. The number of carbonyl (C=O) groups excluding carboxylic acids is 3. The molecule has 12 heteroatoms.